The van der Waals surface area contributed by atoms with Gasteiger partial charge in [-0.05, 0) is 77.0 Å². The molecule has 0 aromatic rings. The van der Waals surface area contributed by atoms with E-state index < -0.39 is 26.6 Å². The number of unbranched alkanes of at least 4 members (excludes halogenated alkanes) is 40. The number of quaternary nitrogens is 1. The van der Waals surface area contributed by atoms with Gasteiger partial charge in [-0.15, -0.1) is 0 Å². The van der Waals surface area contributed by atoms with E-state index in [0.29, 0.717) is 17.4 Å². The van der Waals surface area contributed by atoms with E-state index in [1.165, 1.54) is 244 Å². The molecule has 2 N–H and O–H groups in total. The van der Waals surface area contributed by atoms with Crippen molar-refractivity contribution in [3.8, 4) is 0 Å². The highest BCUT2D eigenvalue weighted by atomic mass is 31.2. The predicted molar refractivity (Wildman–Crippen MR) is 334 cm³/mol. The van der Waals surface area contributed by atoms with Crippen LogP contribution in [-0.2, 0) is 18.4 Å². The lowest BCUT2D eigenvalue weighted by atomic mass is 10.0. The van der Waals surface area contributed by atoms with Gasteiger partial charge in [0.05, 0.1) is 39.9 Å². The van der Waals surface area contributed by atoms with E-state index in [2.05, 4.69) is 67.8 Å². The van der Waals surface area contributed by atoms with Crippen molar-refractivity contribution in [1.29, 1.82) is 0 Å². The molecule has 0 bridgehead atoms. The van der Waals surface area contributed by atoms with E-state index in [0.717, 1.165) is 51.4 Å². The molecule has 452 valence electrons. The summed E-state index contributed by atoms with van der Waals surface area (Å²) in [5.41, 5.74) is 0. The van der Waals surface area contributed by atoms with E-state index in [-0.39, 0.29) is 12.5 Å². The van der Waals surface area contributed by atoms with Crippen LogP contribution in [0, 0.1) is 0 Å². The normalized spacial score (nSPS) is 14.1. The van der Waals surface area contributed by atoms with Crippen LogP contribution in [0.1, 0.15) is 316 Å². The molecule has 0 heterocycles. The summed E-state index contributed by atoms with van der Waals surface area (Å²) in [6.07, 6.45) is 80.5. The summed E-state index contributed by atoms with van der Waals surface area (Å²) in [6.45, 7) is 4.65. The summed E-state index contributed by atoms with van der Waals surface area (Å²) in [6, 6.07) is -0.914. The van der Waals surface area contributed by atoms with Crippen LogP contribution in [0.5, 0.6) is 0 Å². The number of nitrogens with one attached hydrogen (secondary N) is 1. The molecule has 0 aromatic heterocycles. The van der Waals surface area contributed by atoms with Crippen LogP contribution >= 0.6 is 7.82 Å². The molecule has 0 saturated heterocycles. The molecule has 0 aromatic carbocycles. The molecule has 0 aliphatic carbocycles. The number of carbonyl (C=O) groups excluding carboxylic acids is 1. The summed E-state index contributed by atoms with van der Waals surface area (Å²) in [7, 11) is 1.24. The molecule has 8 nitrogen and oxygen atoms in total. The third-order valence-electron chi connectivity index (χ3n) is 14.9. The Morgan fingerprint density at radius 1 is 0.455 bits per heavy atom. The second-order valence-electron chi connectivity index (χ2n) is 23.8. The summed E-state index contributed by atoms with van der Waals surface area (Å²) >= 11 is 0. The number of phosphoric ester groups is 1. The van der Waals surface area contributed by atoms with Crippen LogP contribution in [0.15, 0.2) is 60.8 Å². The number of aliphatic hydroxyl groups excluding tert-OH is 1. The van der Waals surface area contributed by atoms with Crippen LogP contribution in [0.4, 0.5) is 0 Å². The zero-order valence-corrected chi connectivity index (χ0v) is 52.6. The van der Waals surface area contributed by atoms with Gasteiger partial charge >= 0.3 is 0 Å². The number of carbonyl (C=O) groups is 1. The molecule has 0 saturated carbocycles. The van der Waals surface area contributed by atoms with Crippen LogP contribution in [0.2, 0.25) is 0 Å². The number of amides is 1. The maximum atomic E-state index is 13.0. The van der Waals surface area contributed by atoms with Crippen LogP contribution in [0.3, 0.4) is 0 Å². The average molecular weight is 1100 g/mol. The second kappa shape index (κ2) is 58.8. The quantitative estimate of drug-likeness (QED) is 0.0272. The van der Waals surface area contributed by atoms with Gasteiger partial charge in [0, 0.05) is 6.42 Å². The number of hydrogen-bond acceptors (Lipinski definition) is 6. The average Bonchev–Trinajstić information content (AvgIpc) is 3.39. The third-order valence-corrected chi connectivity index (χ3v) is 15.9. The van der Waals surface area contributed by atoms with Crippen molar-refractivity contribution in [3.05, 3.63) is 60.8 Å². The van der Waals surface area contributed by atoms with E-state index in [4.69, 9.17) is 9.05 Å². The van der Waals surface area contributed by atoms with Crippen molar-refractivity contribution in [2.24, 2.45) is 0 Å². The van der Waals surface area contributed by atoms with E-state index in [9.17, 15) is 19.4 Å². The van der Waals surface area contributed by atoms with Gasteiger partial charge < -0.3 is 28.8 Å². The summed E-state index contributed by atoms with van der Waals surface area (Å²) < 4.78 is 23.4. The molecular weight excluding hydrogens is 972 g/mol. The smallest absolute Gasteiger partial charge is 0.268 e. The van der Waals surface area contributed by atoms with E-state index in [1.54, 1.807) is 6.08 Å². The standard InChI is InChI=1S/C68H129N2O6P/c1-6-8-10-12-14-16-18-20-22-24-26-28-30-32-33-34-35-36-38-39-41-43-45-47-49-51-53-55-57-59-61-67(71)66(65-76-77(73,74)75-64-63-70(3,4)5)69-68(72)62-60-58-56-54-52-50-48-46-44-42-40-37-31-29-27-25-23-21-19-17-15-13-11-9-7-2/h19,21,25,27,43,45,51,53,59,61,66-67,71H,6-18,20,22-24,26,28-42,44,46-50,52,54-58,60,62-65H2,1-5H3,(H-,69,72,73,74)/b21-19-,27-25-,45-43+,53-51+,61-59+. The molecule has 0 fully saturated rings. The fourth-order valence-corrected chi connectivity index (χ4v) is 10.5. The molecule has 0 radical (unpaired) electrons. The summed E-state index contributed by atoms with van der Waals surface area (Å²) in [5, 5.41) is 13.9. The van der Waals surface area contributed by atoms with Crippen molar-refractivity contribution in [2.45, 2.75) is 328 Å². The molecular formula is C68H129N2O6P. The number of hydrogen-bond donors (Lipinski definition) is 2. The molecule has 77 heavy (non-hydrogen) atoms. The van der Waals surface area contributed by atoms with Crippen molar-refractivity contribution in [2.75, 3.05) is 40.9 Å². The molecule has 0 aliphatic heterocycles. The highest BCUT2D eigenvalue weighted by Gasteiger charge is 2.23. The first-order valence-corrected chi connectivity index (χ1v) is 34.6. The van der Waals surface area contributed by atoms with E-state index >= 15 is 0 Å². The molecule has 0 rings (SSSR count). The highest BCUT2D eigenvalue weighted by Crippen LogP contribution is 2.38. The molecule has 1 amide bonds. The number of phosphoric acid groups is 1. The first kappa shape index (κ1) is 75.2. The van der Waals surface area contributed by atoms with Gasteiger partial charge in [0.15, 0.2) is 0 Å². The van der Waals surface area contributed by atoms with E-state index in [1.807, 2.05) is 27.2 Å². The molecule has 3 atom stereocenters. The zero-order valence-electron chi connectivity index (χ0n) is 51.7. The van der Waals surface area contributed by atoms with Crippen LogP contribution in [0.25, 0.3) is 0 Å². The highest BCUT2D eigenvalue weighted by molar-refractivity contribution is 7.45. The lowest BCUT2D eigenvalue weighted by Gasteiger charge is -2.29. The van der Waals surface area contributed by atoms with Gasteiger partial charge in [-0.2, -0.15) is 0 Å². The second-order valence-corrected chi connectivity index (χ2v) is 25.2. The minimum atomic E-state index is -4.62. The Bertz CT molecular complexity index is 1440. The summed E-state index contributed by atoms with van der Waals surface area (Å²) in [5.74, 6) is -0.210. The van der Waals surface area contributed by atoms with Gasteiger partial charge in [0.25, 0.3) is 7.82 Å². The maximum absolute atomic E-state index is 13.0. The Morgan fingerprint density at radius 2 is 0.766 bits per heavy atom. The molecule has 3 unspecified atom stereocenters. The van der Waals surface area contributed by atoms with Crippen molar-refractivity contribution >= 4 is 13.7 Å². The Labute approximate surface area is 479 Å². The van der Waals surface area contributed by atoms with Crippen molar-refractivity contribution < 1.29 is 32.9 Å². The predicted octanol–water partition coefficient (Wildman–Crippen LogP) is 20.2. The largest absolute Gasteiger partial charge is 0.756 e. The van der Waals surface area contributed by atoms with Crippen LogP contribution in [-0.4, -0.2) is 68.5 Å². The van der Waals surface area contributed by atoms with Gasteiger partial charge in [-0.1, -0.05) is 293 Å². The first-order chi connectivity index (χ1) is 37.5. The van der Waals surface area contributed by atoms with Gasteiger partial charge in [-0.3, -0.25) is 9.36 Å². The Balaban J connectivity index is 4.18. The molecule has 0 aliphatic rings. The van der Waals surface area contributed by atoms with Gasteiger partial charge in [-0.25, -0.2) is 0 Å². The minimum Gasteiger partial charge on any atom is -0.756 e. The number of allylic oxidation sites excluding steroid dienone is 9. The zero-order chi connectivity index (χ0) is 56.3. The van der Waals surface area contributed by atoms with Crippen molar-refractivity contribution in [3.63, 3.8) is 0 Å². The van der Waals surface area contributed by atoms with Gasteiger partial charge in [0.2, 0.25) is 5.91 Å². The lowest BCUT2D eigenvalue weighted by molar-refractivity contribution is -0.870. The fourth-order valence-electron chi connectivity index (χ4n) is 9.75. The Morgan fingerprint density at radius 3 is 1.13 bits per heavy atom. The molecule has 9 heteroatoms. The first-order valence-electron chi connectivity index (χ1n) is 33.2. The fraction of sp³-hybridized carbons (Fsp3) is 0.838. The van der Waals surface area contributed by atoms with Gasteiger partial charge in [0.1, 0.15) is 13.2 Å². The number of rotatable bonds is 61. The number of nitrogens with zero attached hydrogens (tertiary/aromatic N) is 1. The topological polar surface area (TPSA) is 108 Å². The molecule has 0 spiro atoms. The minimum absolute atomic E-state index is 0.0101. The number of likely N-dealkylation sites (N-methyl/N-ethyl adjacent to an activating group) is 1. The maximum Gasteiger partial charge on any atom is 0.268 e. The Hall–Kier alpha value is -1.80. The monoisotopic (exact) mass is 1100 g/mol. The summed E-state index contributed by atoms with van der Waals surface area (Å²) in [4.78, 5) is 25.6. The third kappa shape index (κ3) is 61.7. The van der Waals surface area contributed by atoms with Crippen LogP contribution < -0.4 is 10.2 Å². The SMILES string of the molecule is CCCCCCC/C=C\C/C=C\CCCCCCCCCCCCCCCC(=O)NC(COP(=O)([O-])OCC[N+](C)(C)C)C(O)/C=C/CC/C=C/CC/C=C/CCCCCCCCCCCCCCCCCCCCCC. The van der Waals surface area contributed by atoms with Crippen molar-refractivity contribution in [1.82, 2.24) is 5.32 Å². The lowest BCUT2D eigenvalue weighted by Crippen LogP contribution is -2.45. The number of aliphatic hydroxyl groups is 1. The Kier molecular flexibility index (Phi) is 57.5.